The van der Waals surface area contributed by atoms with Crippen LogP contribution in [0.4, 0.5) is 0 Å². The van der Waals surface area contributed by atoms with Crippen molar-refractivity contribution in [2.75, 3.05) is 0 Å². The van der Waals surface area contributed by atoms with Crippen molar-refractivity contribution in [1.82, 2.24) is 0 Å². The molecule has 0 heteroatoms. The first kappa shape index (κ1) is 11.5. The smallest absolute Gasteiger partial charge is 0.00321 e. The lowest BCUT2D eigenvalue weighted by Gasteiger charge is -2.74. The molecular formula is C21H24. The number of benzene rings is 1. The van der Waals surface area contributed by atoms with E-state index in [9.17, 15) is 0 Å². The lowest BCUT2D eigenvalue weighted by molar-refractivity contribution is -0.147. The molecule has 0 aliphatic heterocycles. The third-order valence-electron chi connectivity index (χ3n) is 8.01. The molecule has 0 saturated heterocycles. The summed E-state index contributed by atoms with van der Waals surface area (Å²) in [7, 11) is 0. The maximum atomic E-state index is 2.72. The Hall–Kier alpha value is -1.04. The number of hydrogen-bond donors (Lipinski definition) is 0. The quantitative estimate of drug-likeness (QED) is 0.659. The average Bonchev–Trinajstić information content (AvgIpc) is 3.20. The molecule has 0 N–H and O–H groups in total. The normalized spacial score (nSPS) is 54.2. The molecule has 1 aromatic rings. The molecule has 0 heterocycles. The number of hydrogen-bond acceptors (Lipinski definition) is 0. The zero-order valence-electron chi connectivity index (χ0n) is 12.9. The van der Waals surface area contributed by atoms with Crippen LogP contribution in [0.15, 0.2) is 42.0 Å². The third kappa shape index (κ3) is 1.08. The fourth-order valence-corrected chi connectivity index (χ4v) is 7.46. The second kappa shape index (κ2) is 3.16. The SMILES string of the molecule is CC12CC3/C(=C/C4CC4)C4CC(c5ccccc5)(C1)C34C2. The summed E-state index contributed by atoms with van der Waals surface area (Å²) in [6, 6.07) is 11.6. The molecule has 5 aliphatic carbocycles. The molecule has 5 atom stereocenters. The first-order chi connectivity index (χ1) is 10.2. The summed E-state index contributed by atoms with van der Waals surface area (Å²) in [5.41, 5.74) is 5.45. The van der Waals surface area contributed by atoms with Crippen molar-refractivity contribution in [3.63, 3.8) is 0 Å². The molecule has 5 unspecified atom stereocenters. The van der Waals surface area contributed by atoms with Gasteiger partial charge < -0.3 is 0 Å². The van der Waals surface area contributed by atoms with Gasteiger partial charge in [-0.05, 0) is 72.7 Å². The standard InChI is InChI=1S/C21H24/c1-19-10-17-16(9-14-7-8-14)18-11-20(12-19,21(17,18)13-19)15-5-3-2-4-6-15/h2-6,9,14,17-18H,7-8,10-13H2,1H3/b16-9-. The lowest BCUT2D eigenvalue weighted by Crippen LogP contribution is -2.70. The predicted octanol–water partition coefficient (Wildman–Crippen LogP) is 5.10. The summed E-state index contributed by atoms with van der Waals surface area (Å²) in [4.78, 5) is 0. The molecular weight excluding hydrogens is 252 g/mol. The molecule has 5 fully saturated rings. The Morgan fingerprint density at radius 2 is 1.76 bits per heavy atom. The average molecular weight is 276 g/mol. The van der Waals surface area contributed by atoms with Crippen molar-refractivity contribution in [2.45, 2.75) is 50.9 Å². The highest BCUT2D eigenvalue weighted by Crippen LogP contribution is 2.90. The van der Waals surface area contributed by atoms with E-state index in [-0.39, 0.29) is 0 Å². The van der Waals surface area contributed by atoms with Crippen molar-refractivity contribution in [3.8, 4) is 0 Å². The van der Waals surface area contributed by atoms with E-state index >= 15 is 0 Å². The Labute approximate surface area is 127 Å². The molecule has 2 bridgehead atoms. The largest absolute Gasteiger partial charge is 0.0816 e. The van der Waals surface area contributed by atoms with Gasteiger partial charge in [0, 0.05) is 5.41 Å². The van der Waals surface area contributed by atoms with Crippen molar-refractivity contribution in [3.05, 3.63) is 47.5 Å². The summed E-state index contributed by atoms with van der Waals surface area (Å²) in [6.07, 6.45) is 11.6. The van der Waals surface area contributed by atoms with E-state index < -0.39 is 0 Å². The second-order valence-corrected chi connectivity index (χ2v) is 9.17. The predicted molar refractivity (Wildman–Crippen MR) is 84.9 cm³/mol. The van der Waals surface area contributed by atoms with Crippen LogP contribution in [0.1, 0.15) is 51.0 Å². The Kier molecular flexibility index (Phi) is 1.74. The maximum absolute atomic E-state index is 2.72. The van der Waals surface area contributed by atoms with Gasteiger partial charge in [0.05, 0.1) is 0 Å². The zero-order valence-corrected chi connectivity index (χ0v) is 12.9. The number of rotatable bonds is 2. The van der Waals surface area contributed by atoms with Crippen LogP contribution in [0.25, 0.3) is 0 Å². The van der Waals surface area contributed by atoms with Gasteiger partial charge in [0.25, 0.3) is 0 Å². The fraction of sp³-hybridized carbons (Fsp3) is 0.619. The van der Waals surface area contributed by atoms with Crippen LogP contribution in [-0.2, 0) is 5.41 Å². The van der Waals surface area contributed by atoms with Gasteiger partial charge in [-0.3, -0.25) is 0 Å². The monoisotopic (exact) mass is 276 g/mol. The Balaban J connectivity index is 1.49. The first-order valence-electron chi connectivity index (χ1n) is 8.94. The minimum absolute atomic E-state index is 0.553. The zero-order chi connectivity index (χ0) is 13.9. The van der Waals surface area contributed by atoms with E-state index in [1.807, 2.05) is 5.57 Å². The van der Waals surface area contributed by atoms with E-state index in [1.54, 1.807) is 5.56 Å². The van der Waals surface area contributed by atoms with Gasteiger partial charge in [0.15, 0.2) is 0 Å². The molecule has 0 radical (unpaired) electrons. The second-order valence-electron chi connectivity index (χ2n) is 9.17. The van der Waals surface area contributed by atoms with Crippen LogP contribution >= 0.6 is 0 Å². The van der Waals surface area contributed by atoms with E-state index in [4.69, 9.17) is 0 Å². The van der Waals surface area contributed by atoms with E-state index in [0.717, 1.165) is 17.8 Å². The maximum Gasteiger partial charge on any atom is 0.00321 e. The van der Waals surface area contributed by atoms with Gasteiger partial charge in [-0.15, -0.1) is 0 Å². The van der Waals surface area contributed by atoms with Crippen LogP contribution in [-0.4, -0.2) is 0 Å². The van der Waals surface area contributed by atoms with Crippen LogP contribution in [0.5, 0.6) is 0 Å². The highest BCUT2D eigenvalue weighted by atomic mass is 14.9. The van der Waals surface area contributed by atoms with Crippen molar-refractivity contribution in [1.29, 1.82) is 0 Å². The molecule has 5 aliphatic rings. The van der Waals surface area contributed by atoms with Gasteiger partial charge >= 0.3 is 0 Å². The Morgan fingerprint density at radius 1 is 1.00 bits per heavy atom. The minimum atomic E-state index is 0.553. The van der Waals surface area contributed by atoms with Gasteiger partial charge in [-0.1, -0.05) is 48.9 Å². The van der Waals surface area contributed by atoms with Crippen molar-refractivity contribution < 1.29 is 0 Å². The molecule has 1 spiro atoms. The van der Waals surface area contributed by atoms with E-state index in [2.05, 4.69) is 43.3 Å². The van der Waals surface area contributed by atoms with Crippen LogP contribution in [0, 0.1) is 28.6 Å². The first-order valence-corrected chi connectivity index (χ1v) is 8.94. The molecule has 108 valence electrons. The summed E-state index contributed by atoms with van der Waals surface area (Å²) < 4.78 is 0. The lowest BCUT2D eigenvalue weighted by atomic mass is 9.29. The Morgan fingerprint density at radius 3 is 2.52 bits per heavy atom. The number of allylic oxidation sites excluding steroid dienone is 2. The summed E-state index contributed by atoms with van der Waals surface area (Å²) in [5.74, 6) is 2.89. The number of fused-ring (bicyclic) bond motifs is 1. The summed E-state index contributed by atoms with van der Waals surface area (Å²) in [5, 5.41) is 0. The van der Waals surface area contributed by atoms with Gasteiger partial charge in [0.1, 0.15) is 0 Å². The molecule has 21 heavy (non-hydrogen) atoms. The van der Waals surface area contributed by atoms with Crippen LogP contribution in [0.2, 0.25) is 0 Å². The highest BCUT2D eigenvalue weighted by molar-refractivity contribution is 5.53. The summed E-state index contributed by atoms with van der Waals surface area (Å²) >= 11 is 0. The molecule has 6 rings (SSSR count). The van der Waals surface area contributed by atoms with Gasteiger partial charge in [0.2, 0.25) is 0 Å². The topological polar surface area (TPSA) is 0 Å². The van der Waals surface area contributed by atoms with Crippen molar-refractivity contribution >= 4 is 0 Å². The highest BCUT2D eigenvalue weighted by Gasteiger charge is 2.84. The molecule has 1 aromatic carbocycles. The van der Waals surface area contributed by atoms with Gasteiger partial charge in [-0.2, -0.15) is 0 Å². The molecule has 5 saturated carbocycles. The molecule has 0 aromatic heterocycles. The van der Waals surface area contributed by atoms with Crippen LogP contribution in [0.3, 0.4) is 0 Å². The van der Waals surface area contributed by atoms with Crippen LogP contribution < -0.4 is 0 Å². The van der Waals surface area contributed by atoms with Crippen molar-refractivity contribution in [2.24, 2.45) is 28.6 Å². The van der Waals surface area contributed by atoms with Gasteiger partial charge in [-0.25, -0.2) is 0 Å². The minimum Gasteiger partial charge on any atom is -0.0816 e. The molecule has 0 nitrogen and oxygen atoms in total. The van der Waals surface area contributed by atoms with E-state index in [0.29, 0.717) is 16.2 Å². The molecule has 0 amide bonds. The third-order valence-corrected chi connectivity index (χ3v) is 8.01. The van der Waals surface area contributed by atoms with E-state index in [1.165, 1.54) is 38.5 Å². The fourth-order valence-electron chi connectivity index (χ4n) is 7.46. The Bertz CT molecular complexity index is 667. The summed E-state index contributed by atoms with van der Waals surface area (Å²) in [6.45, 7) is 2.59.